The normalized spacial score (nSPS) is 11.3. The zero-order valence-electron chi connectivity index (χ0n) is 14.0. The molecule has 0 atom stereocenters. The minimum absolute atomic E-state index is 0.287. The molecule has 0 bridgehead atoms. The number of esters is 1. The Labute approximate surface area is 159 Å². The lowest BCUT2D eigenvalue weighted by Crippen LogP contribution is -2.04. The molecule has 0 fully saturated rings. The predicted octanol–water partition coefficient (Wildman–Crippen LogP) is 5.22. The van der Waals surface area contributed by atoms with Crippen LogP contribution in [0, 0.1) is 0 Å². The van der Waals surface area contributed by atoms with Gasteiger partial charge in [-0.1, -0.05) is 48.0 Å². The van der Waals surface area contributed by atoms with Gasteiger partial charge in [0.1, 0.15) is 11.3 Å². The molecule has 1 heterocycles. The first-order valence-corrected chi connectivity index (χ1v) is 8.60. The first-order chi connectivity index (χ1) is 13.1. The lowest BCUT2D eigenvalue weighted by atomic mass is 10.1. The van der Waals surface area contributed by atoms with Gasteiger partial charge in [-0.15, -0.1) is 0 Å². The first-order valence-electron chi connectivity index (χ1n) is 8.22. The molecule has 0 aliphatic carbocycles. The van der Waals surface area contributed by atoms with Crippen molar-refractivity contribution in [3.8, 4) is 5.75 Å². The molecule has 132 valence electrons. The van der Waals surface area contributed by atoms with Gasteiger partial charge in [0.15, 0.2) is 0 Å². The molecule has 0 radical (unpaired) electrons. The highest BCUT2D eigenvalue weighted by atomic mass is 35.5. The number of carbonyl (C=O) groups is 1. The van der Waals surface area contributed by atoms with Gasteiger partial charge < -0.3 is 9.15 Å². The Morgan fingerprint density at radius 3 is 2.48 bits per heavy atom. The van der Waals surface area contributed by atoms with Crippen LogP contribution in [-0.2, 0) is 4.79 Å². The molecule has 4 aromatic rings. The highest BCUT2D eigenvalue weighted by Crippen LogP contribution is 2.26. The largest absolute Gasteiger partial charge is 0.423 e. The quantitative estimate of drug-likeness (QED) is 0.162. The van der Waals surface area contributed by atoms with Gasteiger partial charge in [-0.25, -0.2) is 9.59 Å². The van der Waals surface area contributed by atoms with Crippen molar-refractivity contribution in [1.29, 1.82) is 0 Å². The maximum absolute atomic E-state index is 12.1. The molecule has 0 unspecified atom stereocenters. The van der Waals surface area contributed by atoms with E-state index in [0.29, 0.717) is 21.6 Å². The summed E-state index contributed by atoms with van der Waals surface area (Å²) in [4.78, 5) is 24.2. The van der Waals surface area contributed by atoms with E-state index in [1.165, 1.54) is 12.1 Å². The van der Waals surface area contributed by atoms with Crippen molar-refractivity contribution in [2.75, 3.05) is 0 Å². The fraction of sp³-hybridized carbons (Fsp3) is 0. The Balaban J connectivity index is 1.63. The van der Waals surface area contributed by atoms with Crippen molar-refractivity contribution in [1.82, 2.24) is 0 Å². The molecule has 1 aromatic heterocycles. The molecular weight excluding hydrogens is 364 g/mol. The second-order valence-electron chi connectivity index (χ2n) is 5.87. The van der Waals surface area contributed by atoms with E-state index in [-0.39, 0.29) is 5.75 Å². The van der Waals surface area contributed by atoms with Gasteiger partial charge in [0, 0.05) is 22.6 Å². The minimum Gasteiger partial charge on any atom is -0.423 e. The fourth-order valence-electron chi connectivity index (χ4n) is 2.84. The molecule has 4 rings (SSSR count). The van der Waals surface area contributed by atoms with E-state index in [1.54, 1.807) is 42.5 Å². The van der Waals surface area contributed by atoms with Crippen LogP contribution < -0.4 is 10.4 Å². The van der Waals surface area contributed by atoms with Gasteiger partial charge in [-0.2, -0.15) is 0 Å². The van der Waals surface area contributed by atoms with E-state index >= 15 is 0 Å². The van der Waals surface area contributed by atoms with E-state index < -0.39 is 11.6 Å². The third-order valence-corrected chi connectivity index (χ3v) is 4.46. The van der Waals surface area contributed by atoms with Crippen LogP contribution in [0.15, 0.2) is 82.0 Å². The van der Waals surface area contributed by atoms with Gasteiger partial charge in [-0.3, -0.25) is 0 Å². The summed E-state index contributed by atoms with van der Waals surface area (Å²) in [6.07, 6.45) is 2.88. The van der Waals surface area contributed by atoms with E-state index in [1.807, 2.05) is 24.3 Å². The summed E-state index contributed by atoms with van der Waals surface area (Å²) in [5.41, 5.74) is 0.645. The third kappa shape index (κ3) is 3.48. The molecule has 3 aromatic carbocycles. The fourth-order valence-corrected chi connectivity index (χ4v) is 3.04. The van der Waals surface area contributed by atoms with E-state index in [2.05, 4.69) is 0 Å². The Bertz CT molecular complexity index is 1250. The van der Waals surface area contributed by atoms with Crippen molar-refractivity contribution in [3.05, 3.63) is 93.8 Å². The van der Waals surface area contributed by atoms with E-state index in [9.17, 15) is 9.59 Å². The second kappa shape index (κ2) is 7.09. The monoisotopic (exact) mass is 376 g/mol. The van der Waals surface area contributed by atoms with Crippen LogP contribution in [-0.4, -0.2) is 5.97 Å². The van der Waals surface area contributed by atoms with Gasteiger partial charge in [0.25, 0.3) is 0 Å². The lowest BCUT2D eigenvalue weighted by Gasteiger charge is -2.05. The van der Waals surface area contributed by atoms with Gasteiger partial charge in [0.05, 0.1) is 5.39 Å². The molecule has 0 spiro atoms. The summed E-state index contributed by atoms with van der Waals surface area (Å²) < 4.78 is 10.7. The smallest absolute Gasteiger partial charge is 0.344 e. The van der Waals surface area contributed by atoms with Gasteiger partial charge in [-0.05, 0) is 41.3 Å². The number of hydrogen-bond acceptors (Lipinski definition) is 4. The zero-order valence-corrected chi connectivity index (χ0v) is 14.8. The van der Waals surface area contributed by atoms with Crippen LogP contribution in [0.2, 0.25) is 5.02 Å². The van der Waals surface area contributed by atoms with Crippen LogP contribution in [0.4, 0.5) is 0 Å². The summed E-state index contributed by atoms with van der Waals surface area (Å²) in [6, 6.07) is 19.3. The molecule has 0 aliphatic heterocycles. The Morgan fingerprint density at radius 2 is 1.67 bits per heavy atom. The van der Waals surface area contributed by atoms with Crippen LogP contribution in [0.1, 0.15) is 5.56 Å². The average molecular weight is 377 g/mol. The number of halogens is 1. The molecule has 0 aliphatic rings. The number of benzene rings is 3. The Hall–Kier alpha value is -3.37. The lowest BCUT2D eigenvalue weighted by molar-refractivity contribution is -0.128. The second-order valence-corrected chi connectivity index (χ2v) is 6.28. The Kier molecular flexibility index (Phi) is 4.48. The van der Waals surface area contributed by atoms with E-state index in [4.69, 9.17) is 20.8 Å². The summed E-state index contributed by atoms with van der Waals surface area (Å²) in [5, 5.41) is 2.62. The van der Waals surface area contributed by atoms with Gasteiger partial charge in [0.2, 0.25) is 0 Å². The summed E-state index contributed by atoms with van der Waals surface area (Å²) in [5.74, 6) is -0.271. The number of ether oxygens (including phenoxy) is 1. The van der Waals surface area contributed by atoms with Crippen molar-refractivity contribution < 1.29 is 13.9 Å². The number of rotatable bonds is 3. The molecule has 0 saturated heterocycles. The van der Waals surface area contributed by atoms with Crippen molar-refractivity contribution in [3.63, 3.8) is 0 Å². The van der Waals surface area contributed by atoms with Crippen LogP contribution in [0.3, 0.4) is 0 Å². The van der Waals surface area contributed by atoms with Gasteiger partial charge >= 0.3 is 11.6 Å². The molecular formula is C22H13ClO4. The standard InChI is InChI=1S/C22H13ClO4/c23-19-8-4-1-5-14(19)9-12-21(24)26-15-10-11-17-16-6-2-3-7-18(16)22(25)27-20(17)13-15/h1-13H/b12-9+. The van der Waals surface area contributed by atoms with Crippen molar-refractivity contribution in [2.24, 2.45) is 0 Å². The maximum atomic E-state index is 12.1. The third-order valence-electron chi connectivity index (χ3n) is 4.12. The van der Waals surface area contributed by atoms with E-state index in [0.717, 1.165) is 10.8 Å². The molecule has 0 N–H and O–H groups in total. The summed E-state index contributed by atoms with van der Waals surface area (Å²) in [7, 11) is 0. The molecule has 5 heteroatoms. The summed E-state index contributed by atoms with van der Waals surface area (Å²) in [6.45, 7) is 0. The van der Waals surface area contributed by atoms with Crippen LogP contribution in [0.5, 0.6) is 5.75 Å². The number of fused-ring (bicyclic) bond motifs is 3. The molecule has 0 saturated carbocycles. The highest BCUT2D eigenvalue weighted by molar-refractivity contribution is 6.32. The maximum Gasteiger partial charge on any atom is 0.344 e. The topological polar surface area (TPSA) is 56.5 Å². The average Bonchev–Trinajstić information content (AvgIpc) is 2.67. The highest BCUT2D eigenvalue weighted by Gasteiger charge is 2.09. The van der Waals surface area contributed by atoms with Crippen LogP contribution in [0.25, 0.3) is 27.8 Å². The zero-order chi connectivity index (χ0) is 18.8. The summed E-state index contributed by atoms with van der Waals surface area (Å²) >= 11 is 6.05. The van der Waals surface area contributed by atoms with Crippen molar-refractivity contribution >= 4 is 45.4 Å². The SMILES string of the molecule is O=C(/C=C/c1ccccc1Cl)Oc1ccc2c(c1)oc(=O)c1ccccc12. The molecule has 27 heavy (non-hydrogen) atoms. The van der Waals surface area contributed by atoms with Crippen LogP contribution >= 0.6 is 11.6 Å². The minimum atomic E-state index is -0.558. The first kappa shape index (κ1) is 17.1. The molecule has 4 nitrogen and oxygen atoms in total. The Morgan fingerprint density at radius 1 is 0.926 bits per heavy atom. The number of hydrogen-bond donors (Lipinski definition) is 0. The predicted molar refractivity (Wildman–Crippen MR) is 106 cm³/mol. The number of carbonyl (C=O) groups excluding carboxylic acids is 1. The van der Waals surface area contributed by atoms with Crippen molar-refractivity contribution in [2.45, 2.75) is 0 Å². The molecule has 0 amide bonds.